The Morgan fingerprint density at radius 1 is 1.36 bits per heavy atom. The fourth-order valence-corrected chi connectivity index (χ4v) is 1.63. The molecule has 1 aromatic heterocycles. The first kappa shape index (κ1) is 9.01. The summed E-state index contributed by atoms with van der Waals surface area (Å²) < 4.78 is 0. The second-order valence-electron chi connectivity index (χ2n) is 3.50. The minimum atomic E-state index is 0.209. The van der Waals surface area contributed by atoms with E-state index in [0.717, 1.165) is 25.3 Å². The Bertz CT molecular complexity index is 318. The molecule has 14 heavy (non-hydrogen) atoms. The molecule has 2 heterocycles. The van der Waals surface area contributed by atoms with Gasteiger partial charge in [-0.25, -0.2) is 0 Å². The average Bonchev–Trinajstić information content (AvgIpc) is 2.50. The SMILES string of the molecule is Nc1cc(N2CCC(N)C2)nc(N)n1. The molecule has 0 aromatic carbocycles. The van der Waals surface area contributed by atoms with Crippen molar-refractivity contribution in [1.82, 2.24) is 9.97 Å². The number of rotatable bonds is 1. The highest BCUT2D eigenvalue weighted by Gasteiger charge is 2.20. The molecule has 1 aromatic rings. The number of nitrogens with zero attached hydrogens (tertiary/aromatic N) is 3. The van der Waals surface area contributed by atoms with Crippen LogP contribution in [0, 0.1) is 0 Å². The Labute approximate surface area is 82.1 Å². The molecule has 0 spiro atoms. The van der Waals surface area contributed by atoms with Crippen molar-refractivity contribution in [3.05, 3.63) is 6.07 Å². The molecule has 1 fully saturated rings. The van der Waals surface area contributed by atoms with Gasteiger partial charge >= 0.3 is 0 Å². The van der Waals surface area contributed by atoms with Crippen molar-refractivity contribution in [1.29, 1.82) is 0 Å². The first-order valence-electron chi connectivity index (χ1n) is 4.56. The van der Waals surface area contributed by atoms with Crippen LogP contribution in [0.5, 0.6) is 0 Å². The highest BCUT2D eigenvalue weighted by Crippen LogP contribution is 2.19. The molecule has 1 aliphatic heterocycles. The van der Waals surface area contributed by atoms with Crippen LogP contribution < -0.4 is 22.1 Å². The van der Waals surface area contributed by atoms with Gasteiger partial charge in [-0.3, -0.25) is 0 Å². The van der Waals surface area contributed by atoms with Gasteiger partial charge in [-0.15, -0.1) is 0 Å². The van der Waals surface area contributed by atoms with E-state index >= 15 is 0 Å². The highest BCUT2D eigenvalue weighted by atomic mass is 15.2. The number of hydrogen-bond acceptors (Lipinski definition) is 6. The minimum absolute atomic E-state index is 0.209. The van der Waals surface area contributed by atoms with E-state index in [0.29, 0.717) is 5.82 Å². The summed E-state index contributed by atoms with van der Waals surface area (Å²) in [5, 5.41) is 0. The molecular formula is C8H14N6. The first-order valence-corrected chi connectivity index (χ1v) is 4.56. The second kappa shape index (κ2) is 3.30. The second-order valence-corrected chi connectivity index (χ2v) is 3.50. The molecule has 0 saturated carbocycles. The van der Waals surface area contributed by atoms with Crippen molar-refractivity contribution in [3.8, 4) is 0 Å². The van der Waals surface area contributed by atoms with Crippen LogP contribution in [0.25, 0.3) is 0 Å². The third-order valence-corrected chi connectivity index (χ3v) is 2.30. The fourth-order valence-electron chi connectivity index (χ4n) is 1.63. The number of anilines is 3. The Balaban J connectivity index is 2.23. The smallest absolute Gasteiger partial charge is 0.223 e. The normalized spacial score (nSPS) is 21.5. The van der Waals surface area contributed by atoms with Crippen LogP contribution >= 0.6 is 0 Å². The summed E-state index contributed by atoms with van der Waals surface area (Å²) in [5.74, 6) is 1.37. The van der Waals surface area contributed by atoms with E-state index < -0.39 is 0 Å². The Morgan fingerprint density at radius 2 is 2.14 bits per heavy atom. The zero-order chi connectivity index (χ0) is 10.1. The number of aromatic nitrogens is 2. The van der Waals surface area contributed by atoms with Crippen molar-refractivity contribution in [2.75, 3.05) is 29.5 Å². The maximum Gasteiger partial charge on any atom is 0.223 e. The summed E-state index contributed by atoms with van der Waals surface area (Å²) in [6.45, 7) is 1.70. The topological polar surface area (TPSA) is 107 Å². The lowest BCUT2D eigenvalue weighted by molar-refractivity contribution is 0.751. The zero-order valence-electron chi connectivity index (χ0n) is 7.85. The molecule has 0 radical (unpaired) electrons. The predicted molar refractivity (Wildman–Crippen MR) is 55.7 cm³/mol. The van der Waals surface area contributed by atoms with Gasteiger partial charge in [-0.05, 0) is 6.42 Å². The molecule has 2 rings (SSSR count). The van der Waals surface area contributed by atoms with Crippen molar-refractivity contribution < 1.29 is 0 Å². The zero-order valence-corrected chi connectivity index (χ0v) is 7.85. The van der Waals surface area contributed by atoms with Gasteiger partial charge in [0.2, 0.25) is 5.95 Å². The summed E-state index contributed by atoms with van der Waals surface area (Å²) in [7, 11) is 0. The van der Waals surface area contributed by atoms with E-state index in [4.69, 9.17) is 17.2 Å². The van der Waals surface area contributed by atoms with Gasteiger partial charge in [0.1, 0.15) is 11.6 Å². The lowest BCUT2D eigenvalue weighted by Gasteiger charge is -2.16. The Hall–Kier alpha value is -1.56. The molecule has 1 unspecified atom stereocenters. The van der Waals surface area contributed by atoms with Gasteiger partial charge in [-0.2, -0.15) is 9.97 Å². The fraction of sp³-hybridized carbons (Fsp3) is 0.500. The molecule has 1 saturated heterocycles. The molecular weight excluding hydrogens is 180 g/mol. The van der Waals surface area contributed by atoms with Crippen molar-refractivity contribution in [3.63, 3.8) is 0 Å². The van der Waals surface area contributed by atoms with Crippen LogP contribution in [0.4, 0.5) is 17.6 Å². The summed E-state index contributed by atoms with van der Waals surface area (Å²) in [5.41, 5.74) is 16.9. The van der Waals surface area contributed by atoms with Crippen LogP contribution in [-0.4, -0.2) is 29.1 Å². The van der Waals surface area contributed by atoms with Crippen LogP contribution in [0.1, 0.15) is 6.42 Å². The summed E-state index contributed by atoms with van der Waals surface area (Å²) in [6.07, 6.45) is 0.976. The van der Waals surface area contributed by atoms with E-state index in [-0.39, 0.29) is 12.0 Å². The third kappa shape index (κ3) is 1.69. The lowest BCUT2D eigenvalue weighted by Crippen LogP contribution is -2.27. The maximum absolute atomic E-state index is 5.79. The summed E-state index contributed by atoms with van der Waals surface area (Å²) >= 11 is 0. The van der Waals surface area contributed by atoms with Gasteiger partial charge in [0, 0.05) is 25.2 Å². The Kier molecular flexibility index (Phi) is 2.12. The third-order valence-electron chi connectivity index (χ3n) is 2.30. The quantitative estimate of drug-likeness (QED) is 0.539. The lowest BCUT2D eigenvalue weighted by atomic mass is 10.3. The maximum atomic E-state index is 5.79. The molecule has 0 amide bonds. The van der Waals surface area contributed by atoms with E-state index in [1.54, 1.807) is 6.07 Å². The first-order chi connectivity index (χ1) is 6.65. The molecule has 76 valence electrons. The molecule has 6 heteroatoms. The van der Waals surface area contributed by atoms with Gasteiger partial charge in [0.05, 0.1) is 0 Å². The standard InChI is InChI=1S/C8H14N6/c9-5-1-2-14(4-5)7-3-6(10)12-8(11)13-7/h3,5H,1-2,4,9H2,(H4,10,11,12,13). The molecule has 6 nitrogen and oxygen atoms in total. The summed E-state index contributed by atoms with van der Waals surface area (Å²) in [6, 6.07) is 1.93. The molecule has 1 atom stereocenters. The number of hydrogen-bond donors (Lipinski definition) is 3. The molecule has 0 bridgehead atoms. The number of nitrogen functional groups attached to an aromatic ring is 2. The minimum Gasteiger partial charge on any atom is -0.383 e. The molecule has 0 aliphatic carbocycles. The number of nitrogens with two attached hydrogens (primary N) is 3. The van der Waals surface area contributed by atoms with Gasteiger partial charge < -0.3 is 22.1 Å². The molecule has 1 aliphatic rings. The van der Waals surface area contributed by atoms with E-state index in [9.17, 15) is 0 Å². The van der Waals surface area contributed by atoms with Crippen LogP contribution in [-0.2, 0) is 0 Å². The molecule has 6 N–H and O–H groups in total. The van der Waals surface area contributed by atoms with Crippen molar-refractivity contribution >= 4 is 17.6 Å². The Morgan fingerprint density at radius 3 is 2.71 bits per heavy atom. The predicted octanol–water partition coefficient (Wildman–Crippen LogP) is -0.822. The van der Waals surface area contributed by atoms with Crippen LogP contribution in [0.3, 0.4) is 0 Å². The summed E-state index contributed by atoms with van der Waals surface area (Å²) in [4.78, 5) is 9.99. The van der Waals surface area contributed by atoms with Crippen LogP contribution in [0.2, 0.25) is 0 Å². The van der Waals surface area contributed by atoms with Crippen molar-refractivity contribution in [2.24, 2.45) is 5.73 Å². The van der Waals surface area contributed by atoms with Gasteiger partial charge in [0.25, 0.3) is 0 Å². The van der Waals surface area contributed by atoms with E-state index in [2.05, 4.69) is 14.9 Å². The largest absolute Gasteiger partial charge is 0.383 e. The van der Waals surface area contributed by atoms with Crippen LogP contribution in [0.15, 0.2) is 6.07 Å². The van der Waals surface area contributed by atoms with E-state index in [1.165, 1.54) is 0 Å². The van der Waals surface area contributed by atoms with Gasteiger partial charge in [-0.1, -0.05) is 0 Å². The highest BCUT2D eigenvalue weighted by molar-refractivity contribution is 5.51. The average molecular weight is 194 g/mol. The van der Waals surface area contributed by atoms with Crippen molar-refractivity contribution in [2.45, 2.75) is 12.5 Å². The van der Waals surface area contributed by atoms with Gasteiger partial charge in [0.15, 0.2) is 0 Å². The van der Waals surface area contributed by atoms with E-state index in [1.807, 2.05) is 0 Å². The monoisotopic (exact) mass is 194 g/mol.